The van der Waals surface area contributed by atoms with Crippen LogP contribution in [0, 0.1) is 13.8 Å². The molecule has 0 saturated carbocycles. The number of hydrogen-bond acceptors (Lipinski definition) is 3. The summed E-state index contributed by atoms with van der Waals surface area (Å²) in [4.78, 5) is 11.8. The molecule has 2 heterocycles. The molecular formula is C18H16ClN3O2. The van der Waals surface area contributed by atoms with Crippen LogP contribution in [-0.2, 0) is 0 Å². The van der Waals surface area contributed by atoms with Crippen LogP contribution in [0.3, 0.4) is 0 Å². The number of amides is 1. The molecule has 24 heavy (non-hydrogen) atoms. The molecule has 1 amide bonds. The van der Waals surface area contributed by atoms with E-state index in [1.54, 1.807) is 18.3 Å². The molecule has 0 spiro atoms. The lowest BCUT2D eigenvalue weighted by atomic mass is 10.2. The van der Waals surface area contributed by atoms with Crippen molar-refractivity contribution >= 4 is 23.7 Å². The van der Waals surface area contributed by atoms with Crippen LogP contribution in [0.25, 0.3) is 5.69 Å². The molecule has 0 fully saturated rings. The molecular weight excluding hydrogens is 326 g/mol. The van der Waals surface area contributed by atoms with Crippen LogP contribution < -0.4 is 5.43 Å². The first-order valence-electron chi connectivity index (χ1n) is 7.38. The Morgan fingerprint density at radius 2 is 2.08 bits per heavy atom. The van der Waals surface area contributed by atoms with E-state index in [2.05, 4.69) is 15.1 Å². The van der Waals surface area contributed by atoms with Gasteiger partial charge in [-0.25, -0.2) is 5.43 Å². The second-order valence-electron chi connectivity index (χ2n) is 5.32. The fourth-order valence-corrected chi connectivity index (χ4v) is 2.74. The van der Waals surface area contributed by atoms with Gasteiger partial charge in [0, 0.05) is 27.7 Å². The molecule has 5 nitrogen and oxygen atoms in total. The maximum absolute atomic E-state index is 11.8. The van der Waals surface area contributed by atoms with E-state index in [1.165, 1.54) is 6.26 Å². The van der Waals surface area contributed by atoms with E-state index in [-0.39, 0.29) is 11.7 Å². The van der Waals surface area contributed by atoms with E-state index in [0.29, 0.717) is 5.02 Å². The number of carbonyl (C=O) groups is 1. The van der Waals surface area contributed by atoms with E-state index in [0.717, 1.165) is 22.6 Å². The van der Waals surface area contributed by atoms with Crippen LogP contribution in [0.4, 0.5) is 0 Å². The van der Waals surface area contributed by atoms with Crippen LogP contribution in [-0.4, -0.2) is 16.7 Å². The van der Waals surface area contributed by atoms with Crippen LogP contribution in [0.2, 0.25) is 5.02 Å². The van der Waals surface area contributed by atoms with Gasteiger partial charge >= 0.3 is 5.91 Å². The Kier molecular flexibility index (Phi) is 4.53. The molecule has 2 aromatic heterocycles. The second-order valence-corrected chi connectivity index (χ2v) is 5.75. The highest BCUT2D eigenvalue weighted by molar-refractivity contribution is 6.30. The topological polar surface area (TPSA) is 59.5 Å². The fourth-order valence-electron chi connectivity index (χ4n) is 2.55. The Morgan fingerprint density at radius 3 is 2.79 bits per heavy atom. The third-order valence-electron chi connectivity index (χ3n) is 3.65. The quantitative estimate of drug-likeness (QED) is 0.573. The highest BCUT2D eigenvalue weighted by Gasteiger charge is 2.10. The number of rotatable bonds is 4. The van der Waals surface area contributed by atoms with E-state index >= 15 is 0 Å². The van der Waals surface area contributed by atoms with E-state index in [1.807, 2.05) is 44.2 Å². The van der Waals surface area contributed by atoms with Crippen molar-refractivity contribution in [2.45, 2.75) is 13.8 Å². The van der Waals surface area contributed by atoms with Crippen molar-refractivity contribution in [1.29, 1.82) is 0 Å². The first kappa shape index (κ1) is 16.1. The molecule has 0 saturated heterocycles. The van der Waals surface area contributed by atoms with Gasteiger partial charge in [0.15, 0.2) is 5.76 Å². The molecule has 0 radical (unpaired) electrons. The summed E-state index contributed by atoms with van der Waals surface area (Å²) in [6.07, 6.45) is 3.06. The molecule has 3 aromatic rings. The highest BCUT2D eigenvalue weighted by Crippen LogP contribution is 2.22. The molecule has 6 heteroatoms. The number of aromatic nitrogens is 1. The van der Waals surface area contributed by atoms with Gasteiger partial charge in [-0.3, -0.25) is 4.79 Å². The van der Waals surface area contributed by atoms with Gasteiger partial charge in [-0.2, -0.15) is 5.10 Å². The highest BCUT2D eigenvalue weighted by atomic mass is 35.5. The number of aryl methyl sites for hydroxylation is 1. The third kappa shape index (κ3) is 3.26. The van der Waals surface area contributed by atoms with E-state index < -0.39 is 0 Å². The maximum atomic E-state index is 11.8. The minimum Gasteiger partial charge on any atom is -0.459 e. The monoisotopic (exact) mass is 341 g/mol. The predicted octanol–water partition coefficient (Wildman–Crippen LogP) is 4.10. The summed E-state index contributed by atoms with van der Waals surface area (Å²) in [6, 6.07) is 12.9. The maximum Gasteiger partial charge on any atom is 0.307 e. The molecule has 1 aromatic carbocycles. The van der Waals surface area contributed by atoms with Crippen molar-refractivity contribution in [2.24, 2.45) is 5.10 Å². The summed E-state index contributed by atoms with van der Waals surface area (Å²) in [5, 5.41) is 4.68. The molecule has 0 unspecified atom stereocenters. The first-order chi connectivity index (χ1) is 11.6. The van der Waals surface area contributed by atoms with Gasteiger partial charge in [0.25, 0.3) is 0 Å². The number of benzene rings is 1. The molecule has 122 valence electrons. The molecule has 0 aliphatic carbocycles. The van der Waals surface area contributed by atoms with E-state index in [4.69, 9.17) is 16.0 Å². The lowest BCUT2D eigenvalue weighted by molar-refractivity contribution is 0.0927. The van der Waals surface area contributed by atoms with Crippen LogP contribution in [0.5, 0.6) is 0 Å². The summed E-state index contributed by atoms with van der Waals surface area (Å²) in [6.45, 7) is 4.00. The van der Waals surface area contributed by atoms with Crippen molar-refractivity contribution in [3.8, 4) is 5.69 Å². The van der Waals surface area contributed by atoms with Crippen molar-refractivity contribution in [2.75, 3.05) is 0 Å². The standard InChI is InChI=1S/C18H16ClN3O2/c1-12-9-14(11-20-21-18(23)17-7-4-8-24-17)13(2)22(12)16-6-3-5-15(19)10-16/h3-11H,1-2H3,(H,21,23). The van der Waals surface area contributed by atoms with Crippen LogP contribution in [0.1, 0.15) is 27.5 Å². The van der Waals surface area contributed by atoms with Crippen molar-refractivity contribution in [3.63, 3.8) is 0 Å². The third-order valence-corrected chi connectivity index (χ3v) is 3.89. The van der Waals surface area contributed by atoms with Crippen LogP contribution in [0.15, 0.2) is 58.2 Å². The fraction of sp³-hybridized carbons (Fsp3) is 0.111. The Labute approximate surface area is 144 Å². The number of nitrogens with zero attached hydrogens (tertiary/aromatic N) is 2. The van der Waals surface area contributed by atoms with E-state index in [9.17, 15) is 4.79 Å². The molecule has 0 aliphatic rings. The van der Waals surface area contributed by atoms with Crippen molar-refractivity contribution < 1.29 is 9.21 Å². The largest absolute Gasteiger partial charge is 0.459 e. The van der Waals surface area contributed by atoms with Gasteiger partial charge in [0.1, 0.15) is 0 Å². The molecule has 0 aliphatic heterocycles. The number of hydrazone groups is 1. The van der Waals surface area contributed by atoms with Gasteiger partial charge in [0.2, 0.25) is 0 Å². The van der Waals surface area contributed by atoms with Crippen LogP contribution >= 0.6 is 11.6 Å². The summed E-state index contributed by atoms with van der Waals surface area (Å²) < 4.78 is 7.10. The van der Waals surface area contributed by atoms with Crippen molar-refractivity contribution in [3.05, 3.63) is 76.5 Å². The summed E-state index contributed by atoms with van der Waals surface area (Å²) in [5.74, 6) is -0.170. The molecule has 0 atom stereocenters. The molecule has 3 rings (SSSR count). The zero-order valence-electron chi connectivity index (χ0n) is 13.3. The Morgan fingerprint density at radius 1 is 1.25 bits per heavy atom. The smallest absolute Gasteiger partial charge is 0.307 e. The summed E-state index contributed by atoms with van der Waals surface area (Å²) in [5.41, 5.74) is 6.39. The minimum absolute atomic E-state index is 0.219. The molecule has 1 N–H and O–H groups in total. The lowest BCUT2D eigenvalue weighted by Gasteiger charge is -2.09. The number of halogens is 1. The van der Waals surface area contributed by atoms with Gasteiger partial charge < -0.3 is 8.98 Å². The number of nitrogens with one attached hydrogen (secondary N) is 1. The predicted molar refractivity (Wildman–Crippen MR) is 94.0 cm³/mol. The zero-order chi connectivity index (χ0) is 17.1. The lowest BCUT2D eigenvalue weighted by Crippen LogP contribution is -2.16. The summed E-state index contributed by atoms with van der Waals surface area (Å²) in [7, 11) is 0. The number of furan rings is 1. The van der Waals surface area contributed by atoms with Gasteiger partial charge in [-0.05, 0) is 50.2 Å². The number of hydrogen-bond donors (Lipinski definition) is 1. The Hall–Kier alpha value is -2.79. The second kappa shape index (κ2) is 6.76. The Bertz CT molecular complexity index is 895. The minimum atomic E-state index is -0.389. The molecule has 0 bridgehead atoms. The Balaban J connectivity index is 1.81. The van der Waals surface area contributed by atoms with Crippen molar-refractivity contribution in [1.82, 2.24) is 9.99 Å². The zero-order valence-corrected chi connectivity index (χ0v) is 14.0. The van der Waals surface area contributed by atoms with Gasteiger partial charge in [-0.15, -0.1) is 0 Å². The SMILES string of the molecule is Cc1cc(C=NNC(=O)c2ccco2)c(C)n1-c1cccc(Cl)c1. The average Bonchev–Trinajstić information content (AvgIpc) is 3.16. The first-order valence-corrected chi connectivity index (χ1v) is 7.76. The summed E-state index contributed by atoms with van der Waals surface area (Å²) >= 11 is 6.08. The normalized spacial score (nSPS) is 11.1. The number of carbonyl (C=O) groups excluding carboxylic acids is 1. The average molecular weight is 342 g/mol. The van der Waals surface area contributed by atoms with Gasteiger partial charge in [0.05, 0.1) is 12.5 Å². The van der Waals surface area contributed by atoms with Gasteiger partial charge in [-0.1, -0.05) is 17.7 Å².